The van der Waals surface area contributed by atoms with E-state index in [1.165, 1.54) is 4.88 Å². The number of thiophene rings is 1. The van der Waals surface area contributed by atoms with E-state index in [2.05, 4.69) is 38.5 Å². The van der Waals surface area contributed by atoms with Crippen molar-refractivity contribution in [2.24, 2.45) is 5.10 Å². The van der Waals surface area contributed by atoms with E-state index < -0.39 is 0 Å². The second kappa shape index (κ2) is 6.22. The van der Waals surface area contributed by atoms with Crippen molar-refractivity contribution >= 4 is 56.1 Å². The minimum atomic E-state index is 0.568. The first-order valence-electron chi connectivity index (χ1n) is 7.55. The Morgan fingerprint density at radius 1 is 1.29 bits per heavy atom. The SMILES string of the molecule is CCc1cc2c(N/N=C/c3c(Cl)[nH]c4ccccc34)ncnc2s1. The average molecular weight is 356 g/mol. The third-order valence-corrected chi connectivity index (χ3v) is 5.28. The van der Waals surface area contributed by atoms with Crippen molar-refractivity contribution in [2.45, 2.75) is 13.3 Å². The molecule has 0 aliphatic heterocycles. The predicted molar refractivity (Wildman–Crippen MR) is 101 cm³/mol. The molecule has 4 rings (SSSR count). The number of aromatic amines is 1. The summed E-state index contributed by atoms with van der Waals surface area (Å²) >= 11 is 7.95. The number of nitrogens with zero attached hydrogens (tertiary/aromatic N) is 3. The van der Waals surface area contributed by atoms with Crippen LogP contribution in [0, 0.1) is 0 Å². The number of hydrogen-bond acceptors (Lipinski definition) is 5. The van der Waals surface area contributed by atoms with Crippen LogP contribution >= 0.6 is 22.9 Å². The number of aromatic nitrogens is 3. The van der Waals surface area contributed by atoms with Gasteiger partial charge in [0.2, 0.25) is 0 Å². The topological polar surface area (TPSA) is 66.0 Å². The van der Waals surface area contributed by atoms with Crippen LogP contribution in [0.5, 0.6) is 0 Å². The molecule has 1 aromatic carbocycles. The third kappa shape index (κ3) is 2.64. The minimum Gasteiger partial charge on any atom is -0.345 e. The van der Waals surface area contributed by atoms with Gasteiger partial charge in [-0.2, -0.15) is 5.10 Å². The summed E-state index contributed by atoms with van der Waals surface area (Å²) in [5.74, 6) is 0.697. The van der Waals surface area contributed by atoms with Crippen LogP contribution in [0.4, 0.5) is 5.82 Å². The zero-order chi connectivity index (χ0) is 16.5. The van der Waals surface area contributed by atoms with Gasteiger partial charge in [0.1, 0.15) is 16.3 Å². The summed E-state index contributed by atoms with van der Waals surface area (Å²) in [5.41, 5.74) is 4.84. The first-order chi connectivity index (χ1) is 11.8. The molecule has 0 saturated carbocycles. The summed E-state index contributed by atoms with van der Waals surface area (Å²) in [5, 5.41) is 6.90. The number of halogens is 1. The molecule has 0 amide bonds. The molecule has 0 unspecified atom stereocenters. The molecule has 3 heterocycles. The Morgan fingerprint density at radius 3 is 3.04 bits per heavy atom. The quantitative estimate of drug-likeness (QED) is 0.407. The molecule has 0 aliphatic carbocycles. The van der Waals surface area contributed by atoms with E-state index in [1.54, 1.807) is 23.9 Å². The van der Waals surface area contributed by atoms with Gasteiger partial charge in [0.05, 0.1) is 11.6 Å². The maximum atomic E-state index is 6.27. The largest absolute Gasteiger partial charge is 0.345 e. The molecule has 7 heteroatoms. The molecule has 2 N–H and O–H groups in total. The molecule has 0 aliphatic rings. The van der Waals surface area contributed by atoms with Gasteiger partial charge in [0, 0.05) is 21.3 Å². The number of fused-ring (bicyclic) bond motifs is 2. The summed E-state index contributed by atoms with van der Waals surface area (Å²) in [6.07, 6.45) is 4.24. The van der Waals surface area contributed by atoms with Crippen molar-refractivity contribution in [3.05, 3.63) is 52.3 Å². The van der Waals surface area contributed by atoms with Crippen LogP contribution in [0.25, 0.3) is 21.1 Å². The number of nitrogens with one attached hydrogen (secondary N) is 2. The molecule has 0 saturated heterocycles. The standard InChI is InChI=1S/C17H14ClN5S/c1-2-10-7-12-16(19-9-20-17(12)24-10)23-21-8-13-11-5-3-4-6-14(11)22-15(13)18/h3-9,22H,2H2,1H3,(H,19,20,23)/b21-8+. The molecule has 0 radical (unpaired) electrons. The van der Waals surface area contributed by atoms with Crippen LogP contribution in [-0.2, 0) is 6.42 Å². The summed E-state index contributed by atoms with van der Waals surface area (Å²) in [6, 6.07) is 10.0. The molecule has 3 aromatic heterocycles. The Balaban J connectivity index is 1.66. The highest BCUT2D eigenvalue weighted by Crippen LogP contribution is 2.28. The van der Waals surface area contributed by atoms with Crippen molar-refractivity contribution in [3.8, 4) is 0 Å². The molecule has 24 heavy (non-hydrogen) atoms. The van der Waals surface area contributed by atoms with E-state index in [9.17, 15) is 0 Å². The van der Waals surface area contributed by atoms with E-state index >= 15 is 0 Å². The first-order valence-corrected chi connectivity index (χ1v) is 8.74. The highest BCUT2D eigenvalue weighted by atomic mass is 35.5. The lowest BCUT2D eigenvalue weighted by Crippen LogP contribution is -1.94. The molecule has 0 spiro atoms. The lowest BCUT2D eigenvalue weighted by Gasteiger charge is -2.00. The molecule has 0 atom stereocenters. The number of rotatable bonds is 4. The second-order valence-electron chi connectivity index (χ2n) is 5.28. The van der Waals surface area contributed by atoms with Crippen LogP contribution in [0.2, 0.25) is 5.15 Å². The molecular formula is C17H14ClN5S. The van der Waals surface area contributed by atoms with E-state index in [1.807, 2.05) is 24.3 Å². The lowest BCUT2D eigenvalue weighted by molar-refractivity contribution is 1.18. The van der Waals surface area contributed by atoms with Gasteiger partial charge in [-0.25, -0.2) is 9.97 Å². The van der Waals surface area contributed by atoms with Crippen molar-refractivity contribution in [1.29, 1.82) is 0 Å². The Hall–Kier alpha value is -2.44. The Bertz CT molecular complexity index is 1050. The van der Waals surface area contributed by atoms with Crippen molar-refractivity contribution in [1.82, 2.24) is 15.0 Å². The zero-order valence-electron chi connectivity index (χ0n) is 12.9. The molecular weight excluding hydrogens is 342 g/mol. The Kier molecular flexibility index (Phi) is 3.92. The number of anilines is 1. The van der Waals surface area contributed by atoms with Crippen LogP contribution in [-0.4, -0.2) is 21.2 Å². The fraction of sp³-hybridized carbons (Fsp3) is 0.118. The van der Waals surface area contributed by atoms with Gasteiger partial charge < -0.3 is 4.98 Å². The van der Waals surface area contributed by atoms with Gasteiger partial charge in [0.15, 0.2) is 5.82 Å². The predicted octanol–water partition coefficient (Wildman–Crippen LogP) is 4.83. The van der Waals surface area contributed by atoms with Gasteiger partial charge in [-0.3, -0.25) is 5.43 Å². The van der Waals surface area contributed by atoms with Crippen LogP contribution < -0.4 is 5.43 Å². The summed E-state index contributed by atoms with van der Waals surface area (Å²) in [4.78, 5) is 14.0. The van der Waals surface area contributed by atoms with E-state index in [-0.39, 0.29) is 0 Å². The lowest BCUT2D eigenvalue weighted by atomic mass is 10.2. The van der Waals surface area contributed by atoms with E-state index in [4.69, 9.17) is 11.6 Å². The Labute approximate surface area is 147 Å². The van der Waals surface area contributed by atoms with Crippen LogP contribution in [0.15, 0.2) is 41.8 Å². The smallest absolute Gasteiger partial charge is 0.158 e. The van der Waals surface area contributed by atoms with E-state index in [0.29, 0.717) is 11.0 Å². The van der Waals surface area contributed by atoms with E-state index in [0.717, 1.165) is 33.1 Å². The maximum Gasteiger partial charge on any atom is 0.158 e. The normalized spacial score (nSPS) is 11.8. The average Bonchev–Trinajstić information content (AvgIpc) is 3.16. The maximum absolute atomic E-state index is 6.27. The van der Waals surface area contributed by atoms with Crippen LogP contribution in [0.3, 0.4) is 0 Å². The monoisotopic (exact) mass is 355 g/mol. The summed E-state index contributed by atoms with van der Waals surface area (Å²) < 4.78 is 0. The van der Waals surface area contributed by atoms with Gasteiger partial charge >= 0.3 is 0 Å². The number of H-pyrrole nitrogens is 1. The molecule has 0 fully saturated rings. The first kappa shape index (κ1) is 15.1. The Morgan fingerprint density at radius 2 is 2.17 bits per heavy atom. The molecule has 0 bridgehead atoms. The van der Waals surface area contributed by atoms with Crippen LogP contribution in [0.1, 0.15) is 17.4 Å². The van der Waals surface area contributed by atoms with Crippen molar-refractivity contribution < 1.29 is 0 Å². The zero-order valence-corrected chi connectivity index (χ0v) is 14.4. The number of hydrogen-bond donors (Lipinski definition) is 2. The van der Waals surface area contributed by atoms with Gasteiger partial charge in [-0.15, -0.1) is 11.3 Å². The third-order valence-electron chi connectivity index (χ3n) is 3.79. The molecule has 4 aromatic rings. The highest BCUT2D eigenvalue weighted by Gasteiger charge is 2.09. The molecule has 120 valence electrons. The van der Waals surface area contributed by atoms with Gasteiger partial charge in [-0.1, -0.05) is 36.7 Å². The van der Waals surface area contributed by atoms with Gasteiger partial charge in [0.25, 0.3) is 0 Å². The highest BCUT2D eigenvalue weighted by molar-refractivity contribution is 7.18. The molecule has 5 nitrogen and oxygen atoms in total. The van der Waals surface area contributed by atoms with Crippen molar-refractivity contribution in [2.75, 3.05) is 5.43 Å². The number of benzene rings is 1. The number of hydrazone groups is 1. The number of para-hydroxylation sites is 1. The number of aryl methyl sites for hydroxylation is 1. The summed E-state index contributed by atoms with van der Waals surface area (Å²) in [6.45, 7) is 2.13. The fourth-order valence-electron chi connectivity index (χ4n) is 2.58. The minimum absolute atomic E-state index is 0.568. The fourth-order valence-corrected chi connectivity index (χ4v) is 3.77. The second-order valence-corrected chi connectivity index (χ2v) is 6.77. The summed E-state index contributed by atoms with van der Waals surface area (Å²) in [7, 11) is 0. The van der Waals surface area contributed by atoms with Gasteiger partial charge in [-0.05, 0) is 18.6 Å². The van der Waals surface area contributed by atoms with Crippen molar-refractivity contribution in [3.63, 3.8) is 0 Å².